The molecule has 4 rings (SSSR count). The van der Waals surface area contributed by atoms with Crippen LogP contribution >= 0.6 is 11.3 Å². The second-order valence-electron chi connectivity index (χ2n) is 7.30. The fraction of sp³-hybridized carbons (Fsp3) is 0.286. The Kier molecular flexibility index (Phi) is 5.55. The zero-order chi connectivity index (χ0) is 22.1. The first-order chi connectivity index (χ1) is 14.8. The van der Waals surface area contributed by atoms with E-state index in [0.29, 0.717) is 13.0 Å². The van der Waals surface area contributed by atoms with E-state index < -0.39 is 11.2 Å². The molecule has 31 heavy (non-hydrogen) atoms. The summed E-state index contributed by atoms with van der Waals surface area (Å²) < 4.78 is 3.77. The number of nitrogens with one attached hydrogen (secondary N) is 1. The maximum Gasteiger partial charge on any atom is 0.332 e. The van der Waals surface area contributed by atoms with E-state index in [1.165, 1.54) is 22.5 Å². The molecule has 4 aromatic rings. The number of imidazole rings is 1. The molecule has 0 aliphatic heterocycles. The highest BCUT2D eigenvalue weighted by Gasteiger charge is 2.15. The molecule has 0 spiro atoms. The predicted octanol–water partition coefficient (Wildman–Crippen LogP) is 1.22. The number of amides is 1. The van der Waals surface area contributed by atoms with Crippen LogP contribution < -0.4 is 16.6 Å². The summed E-state index contributed by atoms with van der Waals surface area (Å²) in [5, 5.41) is 5.94. The van der Waals surface area contributed by atoms with Gasteiger partial charge in [0.1, 0.15) is 6.54 Å². The van der Waals surface area contributed by atoms with Crippen LogP contribution in [0.2, 0.25) is 0 Å². The standard InChI is InChI=1S/C21H22N6O3S/c1-13-24-16(11-31-13)15-6-4-14(5-7-15)8-9-22-17(28)10-27-12-23-19-18(27)20(29)26(3)21(30)25(19)2/h4-7,11-12H,8-10H2,1-3H3,(H,22,28). The monoisotopic (exact) mass is 438 g/mol. The van der Waals surface area contributed by atoms with Gasteiger partial charge >= 0.3 is 5.69 Å². The Morgan fingerprint density at radius 2 is 1.87 bits per heavy atom. The number of hydrogen-bond acceptors (Lipinski definition) is 6. The minimum absolute atomic E-state index is 0.0495. The summed E-state index contributed by atoms with van der Waals surface area (Å²) in [5.74, 6) is -0.232. The van der Waals surface area contributed by atoms with Crippen molar-refractivity contribution in [2.24, 2.45) is 14.1 Å². The van der Waals surface area contributed by atoms with Gasteiger partial charge in [-0.3, -0.25) is 18.7 Å². The third kappa shape index (κ3) is 4.06. The van der Waals surface area contributed by atoms with Crippen LogP contribution in [0.1, 0.15) is 10.6 Å². The van der Waals surface area contributed by atoms with Crippen LogP contribution in [-0.2, 0) is 31.9 Å². The Balaban J connectivity index is 1.38. The van der Waals surface area contributed by atoms with Crippen LogP contribution in [0.15, 0.2) is 45.6 Å². The van der Waals surface area contributed by atoms with Crippen molar-refractivity contribution in [2.45, 2.75) is 19.9 Å². The lowest BCUT2D eigenvalue weighted by atomic mass is 10.1. The summed E-state index contributed by atoms with van der Waals surface area (Å²) in [6.45, 7) is 2.40. The molecule has 0 radical (unpaired) electrons. The molecule has 1 N–H and O–H groups in total. The summed E-state index contributed by atoms with van der Waals surface area (Å²) >= 11 is 1.62. The van der Waals surface area contributed by atoms with Gasteiger partial charge in [-0.1, -0.05) is 24.3 Å². The molecule has 0 unspecified atom stereocenters. The highest BCUT2D eigenvalue weighted by Crippen LogP contribution is 2.21. The Bertz CT molecular complexity index is 1380. The molecule has 3 aromatic heterocycles. The quantitative estimate of drug-likeness (QED) is 0.488. The van der Waals surface area contributed by atoms with Crippen molar-refractivity contribution in [1.29, 1.82) is 0 Å². The van der Waals surface area contributed by atoms with Gasteiger partial charge in [-0.05, 0) is 18.9 Å². The molecule has 0 fully saturated rings. The number of aryl methyl sites for hydroxylation is 2. The molecule has 10 heteroatoms. The summed E-state index contributed by atoms with van der Waals surface area (Å²) in [6.07, 6.45) is 2.09. The molecule has 1 amide bonds. The molecule has 0 aliphatic rings. The van der Waals surface area contributed by atoms with Gasteiger partial charge in [0.2, 0.25) is 5.91 Å². The average molecular weight is 439 g/mol. The van der Waals surface area contributed by atoms with Crippen molar-refractivity contribution >= 4 is 28.4 Å². The number of hydrogen-bond donors (Lipinski definition) is 1. The van der Waals surface area contributed by atoms with Crippen LogP contribution in [0.4, 0.5) is 0 Å². The van der Waals surface area contributed by atoms with Gasteiger partial charge in [0.05, 0.1) is 17.0 Å². The number of rotatable bonds is 6. The van der Waals surface area contributed by atoms with Crippen LogP contribution in [0, 0.1) is 6.92 Å². The molecule has 1 aromatic carbocycles. The van der Waals surface area contributed by atoms with Crippen molar-refractivity contribution < 1.29 is 4.79 Å². The van der Waals surface area contributed by atoms with Gasteiger partial charge in [0.15, 0.2) is 11.2 Å². The summed E-state index contributed by atoms with van der Waals surface area (Å²) in [5.41, 5.74) is 2.71. The summed E-state index contributed by atoms with van der Waals surface area (Å²) in [6, 6.07) is 8.13. The van der Waals surface area contributed by atoms with E-state index >= 15 is 0 Å². The predicted molar refractivity (Wildman–Crippen MR) is 119 cm³/mol. The second kappa shape index (κ2) is 8.31. The second-order valence-corrected chi connectivity index (χ2v) is 8.36. The molecule has 0 bridgehead atoms. The van der Waals surface area contributed by atoms with E-state index in [4.69, 9.17) is 0 Å². The first-order valence-electron chi connectivity index (χ1n) is 9.74. The maximum atomic E-state index is 12.4. The number of benzene rings is 1. The summed E-state index contributed by atoms with van der Waals surface area (Å²) in [4.78, 5) is 45.5. The topological polar surface area (TPSA) is 104 Å². The van der Waals surface area contributed by atoms with Gasteiger partial charge < -0.3 is 9.88 Å². The molecule has 3 heterocycles. The van der Waals surface area contributed by atoms with Crippen LogP contribution in [-0.4, -0.2) is 36.1 Å². The van der Waals surface area contributed by atoms with E-state index in [0.717, 1.165) is 26.4 Å². The van der Waals surface area contributed by atoms with Gasteiger partial charge in [0.25, 0.3) is 5.56 Å². The number of aromatic nitrogens is 5. The van der Waals surface area contributed by atoms with Crippen molar-refractivity contribution in [3.8, 4) is 11.3 Å². The zero-order valence-electron chi connectivity index (χ0n) is 17.5. The molecule has 0 aliphatic carbocycles. The van der Waals surface area contributed by atoms with E-state index in [1.807, 2.05) is 36.6 Å². The van der Waals surface area contributed by atoms with Crippen molar-refractivity contribution in [1.82, 2.24) is 29.0 Å². The zero-order valence-corrected chi connectivity index (χ0v) is 18.3. The lowest BCUT2D eigenvalue weighted by Gasteiger charge is -2.08. The number of thiazole rings is 1. The molecule has 160 valence electrons. The lowest BCUT2D eigenvalue weighted by Crippen LogP contribution is -2.38. The first-order valence-corrected chi connectivity index (χ1v) is 10.6. The smallest absolute Gasteiger partial charge is 0.332 e. The maximum absolute atomic E-state index is 12.4. The minimum Gasteiger partial charge on any atom is -0.354 e. The number of fused-ring (bicyclic) bond motifs is 1. The van der Waals surface area contributed by atoms with E-state index in [9.17, 15) is 14.4 Å². The Morgan fingerprint density at radius 3 is 2.55 bits per heavy atom. The van der Waals surface area contributed by atoms with E-state index in [-0.39, 0.29) is 23.6 Å². The fourth-order valence-corrected chi connectivity index (χ4v) is 4.03. The fourth-order valence-electron chi connectivity index (χ4n) is 3.41. The number of carbonyl (C=O) groups excluding carboxylic acids is 1. The number of carbonyl (C=O) groups is 1. The van der Waals surface area contributed by atoms with Crippen molar-refractivity contribution in [3.63, 3.8) is 0 Å². The van der Waals surface area contributed by atoms with Gasteiger partial charge in [-0.25, -0.2) is 14.8 Å². The largest absolute Gasteiger partial charge is 0.354 e. The summed E-state index contributed by atoms with van der Waals surface area (Å²) in [7, 11) is 2.95. The van der Waals surface area contributed by atoms with Crippen molar-refractivity contribution in [2.75, 3.05) is 6.54 Å². The molecule has 0 atom stereocenters. The Morgan fingerprint density at radius 1 is 1.13 bits per heavy atom. The molecular formula is C21H22N6O3S. The lowest BCUT2D eigenvalue weighted by molar-refractivity contribution is -0.121. The van der Waals surface area contributed by atoms with Gasteiger partial charge in [-0.15, -0.1) is 11.3 Å². The Labute approximate surface area is 181 Å². The van der Waals surface area contributed by atoms with Crippen molar-refractivity contribution in [3.05, 3.63) is 67.4 Å². The van der Waals surface area contributed by atoms with Crippen LogP contribution in [0.3, 0.4) is 0 Å². The minimum atomic E-state index is -0.473. The molecular weight excluding hydrogens is 416 g/mol. The molecule has 0 saturated heterocycles. The molecule has 9 nitrogen and oxygen atoms in total. The van der Waals surface area contributed by atoms with E-state index in [2.05, 4.69) is 15.3 Å². The Hall–Kier alpha value is -3.53. The van der Waals surface area contributed by atoms with Crippen LogP contribution in [0.5, 0.6) is 0 Å². The highest BCUT2D eigenvalue weighted by molar-refractivity contribution is 7.09. The average Bonchev–Trinajstić information content (AvgIpc) is 3.38. The number of nitrogens with zero attached hydrogens (tertiary/aromatic N) is 5. The van der Waals surface area contributed by atoms with Gasteiger partial charge in [-0.2, -0.15) is 0 Å². The third-order valence-corrected chi connectivity index (χ3v) is 5.91. The third-order valence-electron chi connectivity index (χ3n) is 5.14. The SMILES string of the molecule is Cc1nc(-c2ccc(CCNC(=O)Cn3cnc4c3c(=O)n(C)c(=O)n4C)cc2)cs1. The van der Waals surface area contributed by atoms with Gasteiger partial charge in [0, 0.05) is 31.6 Å². The normalized spacial score (nSPS) is 11.2. The first kappa shape index (κ1) is 20.7. The van der Waals surface area contributed by atoms with Crippen LogP contribution in [0.25, 0.3) is 22.4 Å². The van der Waals surface area contributed by atoms with E-state index in [1.54, 1.807) is 18.4 Å². The highest BCUT2D eigenvalue weighted by atomic mass is 32.1. The molecule has 0 saturated carbocycles.